The second kappa shape index (κ2) is 23.6. The summed E-state index contributed by atoms with van der Waals surface area (Å²) in [7, 11) is 0. The molecule has 6 aromatic carbocycles. The first-order chi connectivity index (χ1) is 44.7. The van der Waals surface area contributed by atoms with Crippen molar-refractivity contribution in [3.05, 3.63) is 288 Å². The number of hydrogen-bond acceptors (Lipinski definition) is 11. The topological polar surface area (TPSA) is 112 Å². The van der Waals surface area contributed by atoms with E-state index < -0.39 is 0 Å². The van der Waals surface area contributed by atoms with Crippen molar-refractivity contribution in [1.29, 1.82) is 0 Å². The smallest absolute Gasteiger partial charge is 0.141 e. The Morgan fingerprint density at radius 1 is 0.407 bits per heavy atom. The molecule has 0 saturated heterocycles. The van der Waals surface area contributed by atoms with Crippen LogP contribution in [0.15, 0.2) is 197 Å². The zero-order chi connectivity index (χ0) is 61.3. The van der Waals surface area contributed by atoms with Crippen LogP contribution in [0.5, 0.6) is 0 Å². The summed E-state index contributed by atoms with van der Waals surface area (Å²) in [4.78, 5) is 44.2. The molecule has 18 rings (SSSR count). The van der Waals surface area contributed by atoms with Gasteiger partial charge in [0.1, 0.15) is 36.4 Å². The highest BCUT2D eigenvalue weighted by molar-refractivity contribution is 5.92. The van der Waals surface area contributed by atoms with Crippen molar-refractivity contribution in [3.8, 4) is 0 Å². The SMILES string of the molecule is CC(C)c1ccc(C2C3=C(CCN2c2ncnc4c2C=CC4)c2ccccc2C3)cc1.CC(C)c1ccc(C2C3=C(CCN2c2ncnc4c2C=NC4)c2ccccc2C3)cc1.Cc1cccc(C2C3=C(CCN2c2ncnc4c2C=NC4)c2ccccc2C3)c1. The lowest BCUT2D eigenvalue weighted by molar-refractivity contribution is 0.650. The van der Waals surface area contributed by atoms with Gasteiger partial charge in [0.05, 0.1) is 59.4 Å². The standard InChI is InChI=1S/C28H27N3.C27H26N4.C25H22N4/c1-18(2)19-10-12-20(13-11-19)27-25-16-21-6-3-4-7-22(21)23(25)14-15-31(27)28-24-8-5-9-26(24)29-17-30-28;1-17(2)18-7-9-19(10-8-18)26-23-13-20-5-3-4-6-21(20)22(23)11-12-31(26)27-24-14-28-15-25(24)29-16-30-27;1-16-5-4-7-18(11-16)24-21-12-17-6-2-3-8-19(17)20(21)9-10-29(24)25-22-13-26-14-23(22)27-15-28-25/h3-8,10-13,17-18,27H,9,14-16H2,1-2H3;3-10,14,16-17,26H,11-13,15H2,1-2H3;2-8,11,13,15,24H,9-10,12,14H2,1H3. The average Bonchev–Trinajstić information content (AvgIpc) is 1.79. The number of benzene rings is 6. The van der Waals surface area contributed by atoms with Gasteiger partial charge in [-0.2, -0.15) is 0 Å². The van der Waals surface area contributed by atoms with Crippen molar-refractivity contribution in [2.75, 3.05) is 34.3 Å². The minimum absolute atomic E-state index is 0.186. The highest BCUT2D eigenvalue weighted by Crippen LogP contribution is 2.52. The lowest BCUT2D eigenvalue weighted by Crippen LogP contribution is -2.36. The van der Waals surface area contributed by atoms with Gasteiger partial charge in [0.15, 0.2) is 0 Å². The third kappa shape index (κ3) is 10.1. The minimum atomic E-state index is 0.186. The largest absolute Gasteiger partial charge is 0.345 e. The molecule has 0 radical (unpaired) electrons. The summed E-state index contributed by atoms with van der Waals surface area (Å²) in [6.45, 7) is 15.4. The molecule has 3 aromatic heterocycles. The van der Waals surface area contributed by atoms with Crippen molar-refractivity contribution in [1.82, 2.24) is 29.9 Å². The van der Waals surface area contributed by atoms with E-state index in [9.17, 15) is 0 Å². The van der Waals surface area contributed by atoms with Gasteiger partial charge >= 0.3 is 0 Å². The number of nitrogens with zero attached hydrogens (tertiary/aromatic N) is 11. The second-order valence-electron chi connectivity index (χ2n) is 26.3. The summed E-state index contributed by atoms with van der Waals surface area (Å²) in [5.74, 6) is 4.19. The van der Waals surface area contributed by atoms with Gasteiger partial charge in [-0.15, -0.1) is 0 Å². The number of anilines is 3. The van der Waals surface area contributed by atoms with Crippen molar-refractivity contribution in [2.24, 2.45) is 9.98 Å². The van der Waals surface area contributed by atoms with E-state index >= 15 is 0 Å². The third-order valence-electron chi connectivity index (χ3n) is 20.4. The Bertz CT molecular complexity index is 4350. The van der Waals surface area contributed by atoms with Crippen LogP contribution in [0, 0.1) is 6.92 Å². The normalized spacial score (nSPS) is 19.2. The fraction of sp³-hybridized carbons (Fsp3) is 0.275. The molecule has 0 fully saturated rings. The lowest BCUT2D eigenvalue weighted by atomic mass is 9.87. The average molecular weight is 1190 g/mol. The predicted molar refractivity (Wildman–Crippen MR) is 369 cm³/mol. The van der Waals surface area contributed by atoms with Crippen LogP contribution in [0.2, 0.25) is 0 Å². The molecule has 11 heteroatoms. The van der Waals surface area contributed by atoms with Crippen LogP contribution in [0.1, 0.15) is 177 Å². The van der Waals surface area contributed by atoms with E-state index in [4.69, 9.17) is 15.0 Å². The molecule has 0 N–H and O–H groups in total. The zero-order valence-electron chi connectivity index (χ0n) is 52.7. The molecule has 0 saturated carbocycles. The van der Waals surface area contributed by atoms with Crippen molar-refractivity contribution in [3.63, 3.8) is 0 Å². The summed E-state index contributed by atoms with van der Waals surface area (Å²) < 4.78 is 0. The van der Waals surface area contributed by atoms with Crippen LogP contribution < -0.4 is 14.7 Å². The van der Waals surface area contributed by atoms with Crippen molar-refractivity contribution >= 4 is 52.7 Å². The van der Waals surface area contributed by atoms with E-state index in [-0.39, 0.29) is 18.1 Å². The molecule has 5 aliphatic heterocycles. The lowest BCUT2D eigenvalue weighted by Gasteiger charge is -2.39. The fourth-order valence-electron chi connectivity index (χ4n) is 16.0. The van der Waals surface area contributed by atoms with Crippen LogP contribution >= 0.6 is 0 Å². The molecule has 3 unspecified atom stereocenters. The van der Waals surface area contributed by atoms with Gasteiger partial charge in [0.25, 0.3) is 0 Å². The number of aromatic nitrogens is 6. The molecule has 450 valence electrons. The van der Waals surface area contributed by atoms with Crippen LogP contribution in [0.25, 0.3) is 22.8 Å². The zero-order valence-corrected chi connectivity index (χ0v) is 52.7. The Labute approximate surface area is 534 Å². The molecule has 0 amide bonds. The fourth-order valence-corrected chi connectivity index (χ4v) is 16.0. The Kier molecular flexibility index (Phi) is 14.6. The summed E-state index contributed by atoms with van der Waals surface area (Å²) in [6, 6.07) is 54.8. The van der Waals surface area contributed by atoms with Crippen molar-refractivity contribution in [2.45, 2.75) is 123 Å². The van der Waals surface area contributed by atoms with E-state index in [1.54, 1.807) is 30.1 Å². The molecule has 4 aliphatic carbocycles. The van der Waals surface area contributed by atoms with Gasteiger partial charge in [0.2, 0.25) is 0 Å². The summed E-state index contributed by atoms with van der Waals surface area (Å²) >= 11 is 0. The Morgan fingerprint density at radius 2 is 0.813 bits per heavy atom. The first-order valence-corrected chi connectivity index (χ1v) is 32.8. The van der Waals surface area contributed by atoms with Crippen LogP contribution in [-0.2, 0) is 38.8 Å². The molecule has 11 nitrogen and oxygen atoms in total. The summed E-state index contributed by atoms with van der Waals surface area (Å²) in [5.41, 5.74) is 32.6. The minimum Gasteiger partial charge on any atom is -0.345 e. The molecule has 0 bridgehead atoms. The Balaban J connectivity index is 0.000000109. The summed E-state index contributed by atoms with van der Waals surface area (Å²) in [6.07, 6.45) is 20.6. The molecule has 91 heavy (non-hydrogen) atoms. The summed E-state index contributed by atoms with van der Waals surface area (Å²) in [5, 5.41) is 0. The number of aryl methyl sites for hydroxylation is 1. The van der Waals surface area contributed by atoms with Gasteiger partial charge in [0, 0.05) is 44.0 Å². The maximum atomic E-state index is 4.80. The van der Waals surface area contributed by atoms with E-state index in [2.05, 4.69) is 232 Å². The molecule has 0 spiro atoms. The maximum absolute atomic E-state index is 4.80. The number of aliphatic imine (C=N–C) groups is 2. The molecule has 9 aromatic rings. The monoisotopic (exact) mass is 1190 g/mol. The molecule has 8 heterocycles. The number of rotatable bonds is 8. The van der Waals surface area contributed by atoms with Crippen LogP contribution in [-0.4, -0.2) is 62.0 Å². The maximum Gasteiger partial charge on any atom is 0.141 e. The molecule has 9 aliphatic rings. The van der Waals surface area contributed by atoms with E-state index in [0.29, 0.717) is 24.9 Å². The molecular formula is C80H75N11. The first kappa shape index (κ1) is 56.5. The third-order valence-corrected chi connectivity index (χ3v) is 20.4. The Morgan fingerprint density at radius 3 is 1.24 bits per heavy atom. The molecular weight excluding hydrogens is 1110 g/mol. The Hall–Kier alpha value is -9.74. The highest BCUT2D eigenvalue weighted by atomic mass is 15.3. The van der Waals surface area contributed by atoms with Gasteiger partial charge < -0.3 is 14.7 Å². The van der Waals surface area contributed by atoms with E-state index in [1.165, 1.54) is 94.6 Å². The first-order valence-electron chi connectivity index (χ1n) is 32.8. The van der Waals surface area contributed by atoms with Gasteiger partial charge in [-0.25, -0.2) is 29.9 Å². The highest BCUT2D eigenvalue weighted by Gasteiger charge is 2.41. The quantitative estimate of drug-likeness (QED) is 0.147. The van der Waals surface area contributed by atoms with E-state index in [0.717, 1.165) is 110 Å². The van der Waals surface area contributed by atoms with Crippen molar-refractivity contribution < 1.29 is 0 Å². The van der Waals surface area contributed by atoms with Crippen LogP contribution in [0.3, 0.4) is 0 Å². The van der Waals surface area contributed by atoms with Gasteiger partial charge in [-0.05, 0) is 152 Å². The second-order valence-corrected chi connectivity index (χ2v) is 26.3. The predicted octanol–water partition coefficient (Wildman–Crippen LogP) is 16.3. The van der Waals surface area contributed by atoms with Gasteiger partial charge in [-0.3, -0.25) is 9.98 Å². The number of hydrogen-bond donors (Lipinski definition) is 0. The van der Waals surface area contributed by atoms with Crippen LogP contribution in [0.4, 0.5) is 17.5 Å². The van der Waals surface area contributed by atoms with Gasteiger partial charge in [-0.1, -0.05) is 191 Å². The number of fused-ring (bicyclic) bond motifs is 9. The molecule has 3 atom stereocenters. The number of allylic oxidation sites excluding steroid dienone is 1. The van der Waals surface area contributed by atoms with E-state index in [1.807, 2.05) is 12.4 Å².